The van der Waals surface area contributed by atoms with Crippen molar-refractivity contribution in [2.75, 3.05) is 0 Å². The predicted molar refractivity (Wildman–Crippen MR) is 97.1 cm³/mol. The van der Waals surface area contributed by atoms with E-state index in [4.69, 9.17) is 0 Å². The van der Waals surface area contributed by atoms with E-state index in [1.165, 1.54) is 0 Å². The summed E-state index contributed by atoms with van der Waals surface area (Å²) in [7, 11) is -5.65. The van der Waals surface area contributed by atoms with Crippen LogP contribution in [0.1, 0.15) is 36.8 Å². The molecule has 2 aromatic rings. The molecule has 0 saturated heterocycles. The first-order valence-electron chi connectivity index (χ1n) is 8.59. The van der Waals surface area contributed by atoms with Crippen molar-refractivity contribution in [3.05, 3.63) is 77.5 Å². The van der Waals surface area contributed by atoms with Gasteiger partial charge < -0.3 is 5.73 Å². The van der Waals surface area contributed by atoms with Gasteiger partial charge in [-0.05, 0) is 12.0 Å². The SMILES string of the molecule is [NH-][C@@]1(c2ccccc2)CCCC[C@@]1(NS(=O)(=O)C(F)(F)F)c1ccccc1. The number of nitrogens with one attached hydrogen (secondary N) is 2. The normalized spacial score (nSPS) is 26.7. The summed E-state index contributed by atoms with van der Waals surface area (Å²) in [6.07, 6.45) is 1.49. The van der Waals surface area contributed by atoms with Gasteiger partial charge in [0.05, 0.1) is 0 Å². The molecule has 0 aromatic heterocycles. The lowest BCUT2D eigenvalue weighted by molar-refractivity contribution is -0.0467. The minimum Gasteiger partial charge on any atom is -0.666 e. The van der Waals surface area contributed by atoms with Gasteiger partial charge in [0.2, 0.25) is 0 Å². The minimum absolute atomic E-state index is 0.102. The highest BCUT2D eigenvalue weighted by molar-refractivity contribution is 7.90. The molecule has 2 atom stereocenters. The summed E-state index contributed by atoms with van der Waals surface area (Å²) in [5.41, 5.74) is 1.29. The molecule has 0 heterocycles. The van der Waals surface area contributed by atoms with Gasteiger partial charge >= 0.3 is 15.5 Å². The molecular formula is C19H20F3N2O2S-. The molecule has 2 aromatic carbocycles. The zero-order valence-corrected chi connectivity index (χ0v) is 15.3. The Hall–Kier alpha value is -1.90. The van der Waals surface area contributed by atoms with Gasteiger partial charge in [-0.2, -0.15) is 17.9 Å². The summed E-state index contributed by atoms with van der Waals surface area (Å²) in [5, 5.41) is 0. The van der Waals surface area contributed by atoms with Gasteiger partial charge in [0.25, 0.3) is 0 Å². The van der Waals surface area contributed by atoms with E-state index in [9.17, 15) is 27.3 Å². The molecule has 0 bridgehead atoms. The van der Waals surface area contributed by atoms with E-state index >= 15 is 0 Å². The van der Waals surface area contributed by atoms with Crippen LogP contribution in [0.5, 0.6) is 0 Å². The summed E-state index contributed by atoms with van der Waals surface area (Å²) < 4.78 is 65.8. The Kier molecular flexibility index (Phi) is 5.09. The van der Waals surface area contributed by atoms with Gasteiger partial charge in [-0.15, -0.1) is 0 Å². The molecule has 8 heteroatoms. The van der Waals surface area contributed by atoms with Crippen LogP contribution in [-0.2, 0) is 21.1 Å². The van der Waals surface area contributed by atoms with Gasteiger partial charge in [0, 0.05) is 5.54 Å². The minimum atomic E-state index is -5.65. The lowest BCUT2D eigenvalue weighted by Crippen LogP contribution is -2.61. The molecular weight excluding hydrogens is 377 g/mol. The Bertz CT molecular complexity index is 888. The highest BCUT2D eigenvalue weighted by Gasteiger charge is 2.55. The van der Waals surface area contributed by atoms with Gasteiger partial charge in [0.15, 0.2) is 0 Å². The zero-order valence-electron chi connectivity index (χ0n) is 14.5. The van der Waals surface area contributed by atoms with Crippen LogP contribution in [0.15, 0.2) is 60.7 Å². The summed E-state index contributed by atoms with van der Waals surface area (Å²) in [6.45, 7) is 0. The summed E-state index contributed by atoms with van der Waals surface area (Å²) in [4.78, 5) is 0. The molecule has 3 rings (SSSR count). The van der Waals surface area contributed by atoms with Crippen LogP contribution in [0.2, 0.25) is 0 Å². The summed E-state index contributed by atoms with van der Waals surface area (Å²) in [6, 6.07) is 16.6. The topological polar surface area (TPSA) is 70.0 Å². The van der Waals surface area contributed by atoms with Crippen LogP contribution in [0, 0.1) is 0 Å². The Morgan fingerprint density at radius 2 is 1.33 bits per heavy atom. The van der Waals surface area contributed by atoms with Gasteiger partial charge in [-0.25, -0.2) is 8.42 Å². The van der Waals surface area contributed by atoms with Crippen LogP contribution < -0.4 is 4.72 Å². The quantitative estimate of drug-likeness (QED) is 0.802. The van der Waals surface area contributed by atoms with Gasteiger partial charge in [-0.1, -0.05) is 91.0 Å². The van der Waals surface area contributed by atoms with E-state index in [1.54, 1.807) is 60.7 Å². The molecule has 4 nitrogen and oxygen atoms in total. The largest absolute Gasteiger partial charge is 0.666 e. The molecule has 0 spiro atoms. The first-order valence-corrected chi connectivity index (χ1v) is 10.1. The Labute approximate surface area is 156 Å². The summed E-state index contributed by atoms with van der Waals surface area (Å²) >= 11 is 0. The second-order valence-corrected chi connectivity index (χ2v) is 8.47. The van der Waals surface area contributed by atoms with E-state index in [0.29, 0.717) is 24.0 Å². The fourth-order valence-electron chi connectivity index (χ4n) is 3.92. The zero-order chi connectivity index (χ0) is 19.8. The van der Waals surface area contributed by atoms with E-state index in [-0.39, 0.29) is 12.8 Å². The number of sulfonamides is 1. The Morgan fingerprint density at radius 3 is 1.85 bits per heavy atom. The maximum atomic E-state index is 13.2. The molecule has 1 saturated carbocycles. The van der Waals surface area contributed by atoms with Crippen molar-refractivity contribution in [1.29, 1.82) is 0 Å². The monoisotopic (exact) mass is 397 g/mol. The molecule has 146 valence electrons. The van der Waals surface area contributed by atoms with Crippen LogP contribution >= 0.6 is 0 Å². The fourth-order valence-corrected chi connectivity index (χ4v) is 4.89. The smallest absolute Gasteiger partial charge is 0.511 e. The number of hydrogen-bond acceptors (Lipinski definition) is 2. The third-order valence-corrected chi connectivity index (χ3v) is 6.46. The number of halogens is 3. The van der Waals surface area contributed by atoms with Crippen LogP contribution in [0.25, 0.3) is 5.73 Å². The van der Waals surface area contributed by atoms with Crippen molar-refractivity contribution < 1.29 is 21.6 Å². The number of rotatable bonds is 4. The van der Waals surface area contributed by atoms with Crippen LogP contribution in [-0.4, -0.2) is 13.9 Å². The fraction of sp³-hybridized carbons (Fsp3) is 0.368. The Morgan fingerprint density at radius 1 is 0.852 bits per heavy atom. The number of alkyl halides is 3. The van der Waals surface area contributed by atoms with E-state index < -0.39 is 26.6 Å². The maximum Gasteiger partial charge on any atom is 0.511 e. The van der Waals surface area contributed by atoms with Crippen LogP contribution in [0.4, 0.5) is 13.2 Å². The van der Waals surface area contributed by atoms with Crippen LogP contribution in [0.3, 0.4) is 0 Å². The van der Waals surface area contributed by atoms with Crippen molar-refractivity contribution in [2.45, 2.75) is 42.3 Å². The highest BCUT2D eigenvalue weighted by atomic mass is 32.2. The van der Waals surface area contributed by atoms with E-state index in [1.807, 2.05) is 4.72 Å². The molecule has 2 N–H and O–H groups in total. The third kappa shape index (κ3) is 3.37. The predicted octanol–water partition coefficient (Wildman–Crippen LogP) is 4.84. The van der Waals surface area contributed by atoms with Crippen molar-refractivity contribution in [2.24, 2.45) is 0 Å². The second-order valence-electron chi connectivity index (χ2n) is 6.80. The highest BCUT2D eigenvalue weighted by Crippen LogP contribution is 2.53. The van der Waals surface area contributed by atoms with Crippen molar-refractivity contribution in [1.82, 2.24) is 4.72 Å². The molecule has 0 aliphatic heterocycles. The molecule has 0 radical (unpaired) electrons. The van der Waals surface area contributed by atoms with E-state index in [2.05, 4.69) is 0 Å². The number of hydrogen-bond donors (Lipinski definition) is 1. The maximum absolute atomic E-state index is 13.2. The average molecular weight is 397 g/mol. The molecule has 1 aliphatic carbocycles. The molecule has 1 fully saturated rings. The van der Waals surface area contributed by atoms with Crippen molar-refractivity contribution in [3.8, 4) is 0 Å². The lowest BCUT2D eigenvalue weighted by atomic mass is 9.62. The lowest BCUT2D eigenvalue weighted by Gasteiger charge is -2.59. The standard InChI is InChI=1S/C19H20F3N2O2S/c20-19(21,22)27(25,26)24-18(16-11-5-2-6-12-16)14-8-7-13-17(18,23)15-9-3-1-4-10-15/h1-6,9-12,23-24H,7-8,13-14H2/q-1/t17-,18-/m1/s1. The second kappa shape index (κ2) is 6.92. The van der Waals surface area contributed by atoms with E-state index in [0.717, 1.165) is 0 Å². The first kappa shape index (κ1) is 19.9. The summed E-state index contributed by atoms with van der Waals surface area (Å²) in [5.74, 6) is 0. The molecule has 27 heavy (non-hydrogen) atoms. The average Bonchev–Trinajstić information content (AvgIpc) is 2.64. The molecule has 0 amide bonds. The van der Waals surface area contributed by atoms with Crippen molar-refractivity contribution in [3.63, 3.8) is 0 Å². The third-order valence-electron chi connectivity index (χ3n) is 5.23. The molecule has 0 unspecified atom stereocenters. The van der Waals surface area contributed by atoms with Gasteiger partial charge in [-0.3, -0.25) is 0 Å². The number of benzene rings is 2. The van der Waals surface area contributed by atoms with Gasteiger partial charge in [0.1, 0.15) is 0 Å². The van der Waals surface area contributed by atoms with Crippen molar-refractivity contribution >= 4 is 10.0 Å². The first-order chi connectivity index (χ1) is 12.6. The Balaban J connectivity index is 2.25. The molecule has 1 aliphatic rings.